The smallest absolute Gasteiger partial charge is 0.228 e. The fraction of sp³-hybridized carbons (Fsp3) is 0.556. The summed E-state index contributed by atoms with van der Waals surface area (Å²) in [6, 6.07) is 7.07. The maximum absolute atomic E-state index is 12.8. The van der Waals surface area contributed by atoms with Crippen LogP contribution in [0.2, 0.25) is 10.0 Å². The van der Waals surface area contributed by atoms with Crippen LogP contribution in [0.1, 0.15) is 37.7 Å². The lowest BCUT2D eigenvalue weighted by Crippen LogP contribution is -2.60. The van der Waals surface area contributed by atoms with Crippen molar-refractivity contribution in [2.24, 2.45) is 0 Å². The Balaban J connectivity index is 1.80. The van der Waals surface area contributed by atoms with Crippen molar-refractivity contribution in [1.82, 2.24) is 4.90 Å². The van der Waals surface area contributed by atoms with E-state index in [0.717, 1.165) is 32.1 Å². The topological polar surface area (TPSA) is 53.3 Å². The van der Waals surface area contributed by atoms with Gasteiger partial charge in [-0.05, 0) is 43.7 Å². The molecule has 3 rings (SSSR count). The van der Waals surface area contributed by atoms with Crippen molar-refractivity contribution < 1.29 is 9.53 Å². The van der Waals surface area contributed by atoms with Gasteiger partial charge in [0.25, 0.3) is 0 Å². The summed E-state index contributed by atoms with van der Waals surface area (Å²) in [7, 11) is 0. The number of ether oxygens (including phenoxy) is 1. The number of nitriles is 1. The number of nitrogens with zero attached hydrogens (tertiary/aromatic N) is 2. The molecular formula is C18H20Cl2N2O2. The zero-order chi connectivity index (χ0) is 17.2. The number of hydrogen-bond donors (Lipinski definition) is 0. The van der Waals surface area contributed by atoms with Gasteiger partial charge in [0.2, 0.25) is 5.91 Å². The first kappa shape index (κ1) is 17.5. The second-order valence-corrected chi connectivity index (χ2v) is 7.27. The standard InChI is InChI=1S/C18H20Cl2N2O2/c19-14-6-3-5-13(17(14)20)11-16(23)22-9-4-8-18(15(22)12-21)7-1-2-10-24-18/h3,5-6,15H,1-2,4,7-11H2. The summed E-state index contributed by atoms with van der Waals surface area (Å²) in [4.78, 5) is 14.5. The molecule has 1 amide bonds. The zero-order valence-corrected chi connectivity index (χ0v) is 14.9. The summed E-state index contributed by atoms with van der Waals surface area (Å²) in [5.74, 6) is -0.0982. The summed E-state index contributed by atoms with van der Waals surface area (Å²) in [5.41, 5.74) is 0.189. The highest BCUT2D eigenvalue weighted by molar-refractivity contribution is 6.42. The fourth-order valence-electron chi connectivity index (χ4n) is 3.79. The molecule has 0 aromatic heterocycles. The van der Waals surface area contributed by atoms with Gasteiger partial charge < -0.3 is 9.64 Å². The molecule has 6 heteroatoms. The van der Waals surface area contributed by atoms with Crippen LogP contribution in [0.4, 0.5) is 0 Å². The van der Waals surface area contributed by atoms with Gasteiger partial charge in [0.15, 0.2) is 0 Å². The zero-order valence-electron chi connectivity index (χ0n) is 13.4. The molecule has 1 spiro atoms. The van der Waals surface area contributed by atoms with Crippen LogP contribution in [-0.2, 0) is 16.0 Å². The molecule has 2 unspecified atom stereocenters. The van der Waals surface area contributed by atoms with Crippen molar-refractivity contribution in [2.45, 2.75) is 50.2 Å². The Hall–Kier alpha value is -1.28. The average Bonchev–Trinajstić information content (AvgIpc) is 2.59. The lowest BCUT2D eigenvalue weighted by atomic mass is 9.79. The van der Waals surface area contributed by atoms with E-state index in [4.69, 9.17) is 27.9 Å². The van der Waals surface area contributed by atoms with E-state index in [-0.39, 0.29) is 12.3 Å². The predicted molar refractivity (Wildman–Crippen MR) is 93.0 cm³/mol. The van der Waals surface area contributed by atoms with Gasteiger partial charge >= 0.3 is 0 Å². The van der Waals surface area contributed by atoms with Crippen LogP contribution in [0.15, 0.2) is 18.2 Å². The molecule has 0 aliphatic carbocycles. The molecule has 2 heterocycles. The van der Waals surface area contributed by atoms with Gasteiger partial charge in [0.05, 0.1) is 22.5 Å². The molecule has 2 atom stereocenters. The molecule has 2 saturated heterocycles. The van der Waals surface area contributed by atoms with Gasteiger partial charge in [0, 0.05) is 13.2 Å². The number of carbonyl (C=O) groups excluding carboxylic acids is 1. The third-order valence-electron chi connectivity index (χ3n) is 5.01. The van der Waals surface area contributed by atoms with E-state index in [0.29, 0.717) is 28.8 Å². The lowest BCUT2D eigenvalue weighted by Gasteiger charge is -2.48. The summed E-state index contributed by atoms with van der Waals surface area (Å²) in [6.45, 7) is 1.25. The molecule has 128 valence electrons. The van der Waals surface area contributed by atoms with Crippen molar-refractivity contribution in [3.63, 3.8) is 0 Å². The van der Waals surface area contributed by atoms with Crippen molar-refractivity contribution in [3.05, 3.63) is 33.8 Å². The van der Waals surface area contributed by atoms with Gasteiger partial charge in [-0.1, -0.05) is 35.3 Å². The fourth-order valence-corrected chi connectivity index (χ4v) is 4.18. The van der Waals surface area contributed by atoms with Crippen LogP contribution < -0.4 is 0 Å². The highest BCUT2D eigenvalue weighted by Crippen LogP contribution is 2.38. The van der Waals surface area contributed by atoms with Crippen LogP contribution in [-0.4, -0.2) is 35.6 Å². The molecule has 1 aromatic carbocycles. The Labute approximate surface area is 152 Å². The molecule has 2 fully saturated rings. The molecule has 0 N–H and O–H groups in total. The normalized spacial score (nSPS) is 27.0. The molecule has 0 radical (unpaired) electrons. The summed E-state index contributed by atoms with van der Waals surface area (Å²) >= 11 is 12.2. The highest BCUT2D eigenvalue weighted by atomic mass is 35.5. The monoisotopic (exact) mass is 366 g/mol. The SMILES string of the molecule is N#CC1N(C(=O)Cc2cccc(Cl)c2Cl)CCCC12CCCCO2. The first-order valence-corrected chi connectivity index (χ1v) is 9.09. The maximum atomic E-state index is 12.8. The minimum Gasteiger partial charge on any atom is -0.372 e. The Morgan fingerprint density at radius 3 is 2.83 bits per heavy atom. The third-order valence-corrected chi connectivity index (χ3v) is 5.87. The van der Waals surface area contributed by atoms with Crippen LogP contribution in [0.25, 0.3) is 0 Å². The molecule has 4 nitrogen and oxygen atoms in total. The number of amides is 1. The molecule has 24 heavy (non-hydrogen) atoms. The Morgan fingerprint density at radius 1 is 1.33 bits per heavy atom. The number of hydrogen-bond acceptors (Lipinski definition) is 3. The average molecular weight is 367 g/mol. The summed E-state index contributed by atoms with van der Waals surface area (Å²) in [5, 5.41) is 10.6. The van der Waals surface area contributed by atoms with Gasteiger partial charge in [-0.15, -0.1) is 0 Å². The predicted octanol–water partition coefficient (Wildman–Crippen LogP) is 3.99. The van der Waals surface area contributed by atoms with Gasteiger partial charge in [-0.3, -0.25) is 4.79 Å². The van der Waals surface area contributed by atoms with Crippen molar-refractivity contribution in [3.8, 4) is 6.07 Å². The van der Waals surface area contributed by atoms with Crippen LogP contribution in [0.5, 0.6) is 0 Å². The molecule has 0 saturated carbocycles. The minimum atomic E-state index is -0.531. The number of halogens is 2. The second-order valence-electron chi connectivity index (χ2n) is 6.48. The van der Waals surface area contributed by atoms with Gasteiger partial charge in [-0.2, -0.15) is 5.26 Å². The minimum absolute atomic E-state index is 0.0982. The van der Waals surface area contributed by atoms with E-state index in [1.54, 1.807) is 23.1 Å². The van der Waals surface area contributed by atoms with Crippen LogP contribution in [0, 0.1) is 11.3 Å². The van der Waals surface area contributed by atoms with E-state index < -0.39 is 11.6 Å². The molecule has 2 aliphatic rings. The molecule has 2 aliphatic heterocycles. The van der Waals surface area contributed by atoms with E-state index in [2.05, 4.69) is 6.07 Å². The lowest BCUT2D eigenvalue weighted by molar-refractivity contribution is -0.158. The summed E-state index contributed by atoms with van der Waals surface area (Å²) < 4.78 is 6.02. The number of rotatable bonds is 2. The molecule has 1 aromatic rings. The van der Waals surface area contributed by atoms with E-state index in [9.17, 15) is 10.1 Å². The van der Waals surface area contributed by atoms with Crippen LogP contribution in [0.3, 0.4) is 0 Å². The van der Waals surface area contributed by atoms with E-state index in [1.807, 2.05) is 0 Å². The first-order chi connectivity index (χ1) is 11.6. The highest BCUT2D eigenvalue weighted by Gasteiger charge is 2.48. The van der Waals surface area contributed by atoms with Crippen molar-refractivity contribution in [1.29, 1.82) is 5.26 Å². The van der Waals surface area contributed by atoms with Crippen molar-refractivity contribution >= 4 is 29.1 Å². The number of carbonyl (C=O) groups is 1. The summed E-state index contributed by atoms with van der Waals surface area (Å²) in [6.07, 6.45) is 4.74. The molecule has 0 bridgehead atoms. The Bertz CT molecular complexity index is 660. The Morgan fingerprint density at radius 2 is 2.12 bits per heavy atom. The van der Waals surface area contributed by atoms with Gasteiger partial charge in [0.1, 0.15) is 11.6 Å². The van der Waals surface area contributed by atoms with Crippen LogP contribution >= 0.6 is 23.2 Å². The third kappa shape index (κ3) is 3.26. The number of piperidine rings is 1. The Kier molecular flexibility index (Phi) is 5.34. The first-order valence-electron chi connectivity index (χ1n) is 8.33. The van der Waals surface area contributed by atoms with E-state index >= 15 is 0 Å². The quantitative estimate of drug-likeness (QED) is 0.794. The maximum Gasteiger partial charge on any atom is 0.228 e. The second kappa shape index (κ2) is 7.31. The number of likely N-dealkylation sites (tertiary alicyclic amines) is 1. The van der Waals surface area contributed by atoms with Gasteiger partial charge in [-0.25, -0.2) is 0 Å². The van der Waals surface area contributed by atoms with E-state index in [1.165, 1.54) is 0 Å². The number of benzene rings is 1. The molecular weight excluding hydrogens is 347 g/mol. The largest absolute Gasteiger partial charge is 0.372 e. The van der Waals surface area contributed by atoms with Crippen molar-refractivity contribution in [2.75, 3.05) is 13.2 Å².